The van der Waals surface area contributed by atoms with Crippen LogP contribution in [0.5, 0.6) is 0 Å². The van der Waals surface area contributed by atoms with Gasteiger partial charge in [-0.05, 0) is 25.7 Å². The molecule has 1 saturated heterocycles. The second kappa shape index (κ2) is 5.21. The molecule has 3 fully saturated rings. The molecule has 0 radical (unpaired) electrons. The van der Waals surface area contributed by atoms with Crippen LogP contribution in [0.2, 0.25) is 0 Å². The third kappa shape index (κ3) is 2.81. The van der Waals surface area contributed by atoms with Crippen LogP contribution in [0.1, 0.15) is 64.2 Å². The van der Waals surface area contributed by atoms with Gasteiger partial charge in [0.25, 0.3) is 0 Å². The third-order valence-electron chi connectivity index (χ3n) is 4.54. The summed E-state index contributed by atoms with van der Waals surface area (Å²) >= 11 is 1.98. The molecule has 3 rings (SSSR count). The highest BCUT2D eigenvalue weighted by Gasteiger charge is 2.38. The van der Waals surface area contributed by atoms with Crippen molar-refractivity contribution in [2.75, 3.05) is 5.75 Å². The molecule has 0 amide bonds. The van der Waals surface area contributed by atoms with E-state index >= 15 is 0 Å². The summed E-state index contributed by atoms with van der Waals surface area (Å²) in [7, 11) is 0. The monoisotopic (exact) mass is 252 g/mol. The lowest BCUT2D eigenvalue weighted by molar-refractivity contribution is 0.303. The summed E-state index contributed by atoms with van der Waals surface area (Å²) < 4.78 is 0. The normalized spacial score (nSPS) is 31.9. The minimum Gasteiger partial charge on any atom is -0.359 e. The number of hydrogen-bond acceptors (Lipinski definition) is 2. The lowest BCUT2D eigenvalue weighted by Gasteiger charge is -2.32. The molecule has 2 nitrogen and oxygen atoms in total. The molecule has 0 aromatic rings. The van der Waals surface area contributed by atoms with Gasteiger partial charge in [-0.25, -0.2) is 0 Å². The summed E-state index contributed by atoms with van der Waals surface area (Å²) in [6.45, 7) is 0. The van der Waals surface area contributed by atoms with E-state index in [0.29, 0.717) is 11.6 Å². The zero-order chi connectivity index (χ0) is 11.6. The first-order chi connectivity index (χ1) is 8.36. The predicted octanol–water partition coefficient (Wildman–Crippen LogP) is 3.71. The van der Waals surface area contributed by atoms with E-state index in [4.69, 9.17) is 4.99 Å². The maximum atomic E-state index is 4.95. The molecular weight excluding hydrogens is 228 g/mol. The Kier molecular flexibility index (Phi) is 3.64. The topological polar surface area (TPSA) is 24.4 Å². The molecular formula is C14H24N2S. The molecule has 1 aliphatic heterocycles. The Morgan fingerprint density at radius 1 is 1.00 bits per heavy atom. The number of aliphatic imine (C=N–C) groups is 1. The lowest BCUT2D eigenvalue weighted by Crippen LogP contribution is -2.45. The molecule has 0 bridgehead atoms. The second-order valence-electron chi connectivity index (χ2n) is 5.98. The number of nitrogens with one attached hydrogen (secondary N) is 1. The Balaban J connectivity index is 1.60. The molecule has 3 heteroatoms. The standard InChI is InChI=1S/C14H24N2S/c1-3-7-12(8-4-1)15-13-16-14(11-17-13)9-5-2-6-10-14/h12H,1-11H2,(H,15,16). The highest BCUT2D eigenvalue weighted by molar-refractivity contribution is 8.14. The number of amidine groups is 1. The molecule has 17 heavy (non-hydrogen) atoms. The van der Waals surface area contributed by atoms with Crippen molar-refractivity contribution in [3.05, 3.63) is 0 Å². The van der Waals surface area contributed by atoms with Crippen molar-refractivity contribution in [1.29, 1.82) is 0 Å². The Bertz CT molecular complexity index is 289. The van der Waals surface area contributed by atoms with Gasteiger partial charge in [0.2, 0.25) is 0 Å². The fraction of sp³-hybridized carbons (Fsp3) is 0.929. The highest BCUT2D eigenvalue weighted by Crippen LogP contribution is 2.36. The van der Waals surface area contributed by atoms with Crippen molar-refractivity contribution in [1.82, 2.24) is 5.32 Å². The van der Waals surface area contributed by atoms with E-state index in [1.54, 1.807) is 0 Å². The number of thioether (sulfide) groups is 1. The van der Waals surface area contributed by atoms with Crippen molar-refractivity contribution < 1.29 is 0 Å². The quantitative estimate of drug-likeness (QED) is 0.769. The van der Waals surface area contributed by atoms with Gasteiger partial charge in [0.1, 0.15) is 0 Å². The maximum Gasteiger partial charge on any atom is 0.157 e. The summed E-state index contributed by atoms with van der Waals surface area (Å²) in [5, 5.41) is 5.03. The average Bonchev–Trinajstić information content (AvgIpc) is 2.74. The van der Waals surface area contributed by atoms with Crippen LogP contribution in [0.15, 0.2) is 4.99 Å². The number of rotatable bonds is 1. The fourth-order valence-corrected chi connectivity index (χ4v) is 4.74. The number of hydrogen-bond donors (Lipinski definition) is 1. The molecule has 0 aromatic carbocycles. The molecule has 1 spiro atoms. The van der Waals surface area contributed by atoms with Crippen LogP contribution in [-0.4, -0.2) is 22.5 Å². The van der Waals surface area contributed by atoms with Gasteiger partial charge in [-0.3, -0.25) is 4.99 Å². The molecule has 0 atom stereocenters. The van der Waals surface area contributed by atoms with Crippen LogP contribution >= 0.6 is 11.8 Å². The van der Waals surface area contributed by atoms with Crippen LogP contribution in [0, 0.1) is 0 Å². The van der Waals surface area contributed by atoms with E-state index < -0.39 is 0 Å². The smallest absolute Gasteiger partial charge is 0.157 e. The summed E-state index contributed by atoms with van der Waals surface area (Å²) in [5.41, 5.74) is 0.427. The van der Waals surface area contributed by atoms with E-state index in [1.807, 2.05) is 11.8 Å². The van der Waals surface area contributed by atoms with Crippen LogP contribution in [0.3, 0.4) is 0 Å². The van der Waals surface area contributed by atoms with Crippen LogP contribution in [0.25, 0.3) is 0 Å². The van der Waals surface area contributed by atoms with E-state index in [1.165, 1.54) is 75.1 Å². The molecule has 1 N–H and O–H groups in total. The first kappa shape index (κ1) is 11.9. The largest absolute Gasteiger partial charge is 0.359 e. The van der Waals surface area contributed by atoms with Gasteiger partial charge in [-0.1, -0.05) is 50.3 Å². The van der Waals surface area contributed by atoms with Gasteiger partial charge in [0.15, 0.2) is 5.17 Å². The first-order valence-electron chi connectivity index (χ1n) is 7.35. The Morgan fingerprint density at radius 3 is 2.47 bits per heavy atom. The van der Waals surface area contributed by atoms with Crippen molar-refractivity contribution in [3.8, 4) is 0 Å². The molecule has 0 aromatic heterocycles. The molecule has 3 aliphatic rings. The van der Waals surface area contributed by atoms with Crippen LogP contribution in [0.4, 0.5) is 0 Å². The maximum absolute atomic E-state index is 4.95. The number of nitrogens with zero attached hydrogens (tertiary/aromatic N) is 1. The van der Waals surface area contributed by atoms with Gasteiger partial charge in [0.05, 0.1) is 6.04 Å². The highest BCUT2D eigenvalue weighted by atomic mass is 32.2. The van der Waals surface area contributed by atoms with Crippen LogP contribution < -0.4 is 5.32 Å². The third-order valence-corrected chi connectivity index (χ3v) is 5.72. The van der Waals surface area contributed by atoms with E-state index in [0.717, 1.165) is 0 Å². The zero-order valence-corrected chi connectivity index (χ0v) is 11.5. The van der Waals surface area contributed by atoms with E-state index in [2.05, 4.69) is 5.32 Å². The summed E-state index contributed by atoms with van der Waals surface area (Å²) in [6.07, 6.45) is 13.8. The lowest BCUT2D eigenvalue weighted by atomic mass is 9.83. The van der Waals surface area contributed by atoms with E-state index in [9.17, 15) is 0 Å². The van der Waals surface area contributed by atoms with Gasteiger partial charge < -0.3 is 5.32 Å². The SMILES string of the molecule is C1CCC(N=C2NC3(CCCCC3)CS2)CC1. The predicted molar refractivity (Wildman–Crippen MR) is 75.7 cm³/mol. The Hall–Kier alpha value is -0.180. The molecule has 1 heterocycles. The Morgan fingerprint density at radius 2 is 1.71 bits per heavy atom. The van der Waals surface area contributed by atoms with E-state index in [-0.39, 0.29) is 0 Å². The van der Waals surface area contributed by atoms with Gasteiger partial charge in [0, 0.05) is 11.3 Å². The summed E-state index contributed by atoms with van der Waals surface area (Å²) in [5.74, 6) is 1.26. The van der Waals surface area contributed by atoms with Crippen molar-refractivity contribution in [2.24, 2.45) is 4.99 Å². The first-order valence-corrected chi connectivity index (χ1v) is 8.34. The summed E-state index contributed by atoms with van der Waals surface area (Å²) in [6, 6.07) is 0.623. The molecule has 2 aliphatic carbocycles. The molecule has 96 valence electrons. The minimum atomic E-state index is 0.427. The van der Waals surface area contributed by atoms with Crippen LogP contribution in [-0.2, 0) is 0 Å². The van der Waals surface area contributed by atoms with Crippen molar-refractivity contribution in [3.63, 3.8) is 0 Å². The van der Waals surface area contributed by atoms with Gasteiger partial charge in [-0.2, -0.15) is 0 Å². The minimum absolute atomic E-state index is 0.427. The van der Waals surface area contributed by atoms with Gasteiger partial charge in [-0.15, -0.1) is 0 Å². The second-order valence-corrected chi connectivity index (χ2v) is 6.94. The fourth-order valence-electron chi connectivity index (χ4n) is 3.45. The summed E-state index contributed by atoms with van der Waals surface area (Å²) in [4.78, 5) is 4.95. The van der Waals surface area contributed by atoms with Gasteiger partial charge >= 0.3 is 0 Å². The molecule has 2 saturated carbocycles. The van der Waals surface area contributed by atoms with Crippen molar-refractivity contribution in [2.45, 2.75) is 75.8 Å². The molecule has 0 unspecified atom stereocenters. The average molecular weight is 252 g/mol. The Labute approximate surface area is 109 Å². The van der Waals surface area contributed by atoms with Crippen molar-refractivity contribution >= 4 is 16.9 Å². The zero-order valence-electron chi connectivity index (χ0n) is 10.7.